The van der Waals surface area contributed by atoms with E-state index in [2.05, 4.69) is 15.3 Å². The molecule has 0 N–H and O–H groups in total. The lowest BCUT2D eigenvalue weighted by atomic mass is 10.4. The third-order valence-electron chi connectivity index (χ3n) is 2.32. The molecule has 3 rings (SSSR count). The summed E-state index contributed by atoms with van der Waals surface area (Å²) in [4.78, 5) is 15.8. The molecule has 0 saturated heterocycles. The molecule has 3 heterocycles. The zero-order chi connectivity index (χ0) is 11.8. The first-order chi connectivity index (χ1) is 8.31. The zero-order valence-corrected chi connectivity index (χ0v) is 9.77. The van der Waals surface area contributed by atoms with Gasteiger partial charge >= 0.3 is 5.97 Å². The summed E-state index contributed by atoms with van der Waals surface area (Å²) in [5, 5.41) is 9.70. The molecule has 0 aliphatic heterocycles. The fourth-order valence-corrected chi connectivity index (χ4v) is 2.32. The van der Waals surface area contributed by atoms with Crippen molar-refractivity contribution >= 4 is 33.2 Å². The van der Waals surface area contributed by atoms with Crippen molar-refractivity contribution in [2.75, 3.05) is 6.61 Å². The Bertz CT molecular complexity index is 703. The molecule has 3 aromatic rings. The smallest absolute Gasteiger partial charge is 0.362 e. The van der Waals surface area contributed by atoms with Gasteiger partial charge in [-0.05, 0) is 18.4 Å². The SMILES string of the molecule is CCOC(=O)c1nnn2c1ncc1sccc12. The van der Waals surface area contributed by atoms with Crippen LogP contribution in [0.1, 0.15) is 17.4 Å². The van der Waals surface area contributed by atoms with Crippen molar-refractivity contribution in [2.24, 2.45) is 0 Å². The molecule has 0 atom stereocenters. The first-order valence-electron chi connectivity index (χ1n) is 5.06. The van der Waals surface area contributed by atoms with Gasteiger partial charge in [-0.3, -0.25) is 0 Å². The molecule has 6 nitrogen and oxygen atoms in total. The Balaban J connectivity index is 2.25. The summed E-state index contributed by atoms with van der Waals surface area (Å²) < 4.78 is 7.45. The average molecular weight is 248 g/mol. The van der Waals surface area contributed by atoms with Crippen molar-refractivity contribution in [1.82, 2.24) is 19.8 Å². The number of esters is 1. The van der Waals surface area contributed by atoms with E-state index in [1.165, 1.54) is 0 Å². The minimum atomic E-state index is -0.496. The highest BCUT2D eigenvalue weighted by Crippen LogP contribution is 2.20. The van der Waals surface area contributed by atoms with E-state index in [1.54, 1.807) is 29.0 Å². The van der Waals surface area contributed by atoms with Crippen LogP contribution >= 0.6 is 11.3 Å². The van der Waals surface area contributed by atoms with Crippen LogP contribution in [0.3, 0.4) is 0 Å². The molecule has 0 aromatic carbocycles. The molecule has 0 saturated carbocycles. The van der Waals surface area contributed by atoms with Gasteiger partial charge in [0.2, 0.25) is 5.69 Å². The normalized spacial score (nSPS) is 11.1. The van der Waals surface area contributed by atoms with Crippen LogP contribution in [0.5, 0.6) is 0 Å². The Kier molecular flexibility index (Phi) is 2.25. The van der Waals surface area contributed by atoms with E-state index < -0.39 is 5.97 Å². The summed E-state index contributed by atoms with van der Waals surface area (Å²) in [7, 11) is 0. The summed E-state index contributed by atoms with van der Waals surface area (Å²) in [6.45, 7) is 2.05. The molecule has 0 amide bonds. The predicted molar refractivity (Wildman–Crippen MR) is 62.1 cm³/mol. The number of hydrogen-bond donors (Lipinski definition) is 0. The van der Waals surface area contributed by atoms with Gasteiger partial charge in [-0.15, -0.1) is 16.4 Å². The molecule has 0 aliphatic carbocycles. The first-order valence-corrected chi connectivity index (χ1v) is 5.94. The van der Waals surface area contributed by atoms with Crippen LogP contribution in [0, 0.1) is 0 Å². The highest BCUT2D eigenvalue weighted by atomic mass is 32.1. The Labute approximate surface area is 99.8 Å². The molecule has 86 valence electrons. The van der Waals surface area contributed by atoms with Gasteiger partial charge in [-0.2, -0.15) is 4.52 Å². The second-order valence-corrected chi connectivity index (χ2v) is 4.27. The molecule has 0 radical (unpaired) electrons. The van der Waals surface area contributed by atoms with Crippen molar-refractivity contribution in [2.45, 2.75) is 6.92 Å². The Morgan fingerprint density at radius 1 is 1.59 bits per heavy atom. The summed E-state index contributed by atoms with van der Waals surface area (Å²) in [6.07, 6.45) is 1.71. The van der Waals surface area contributed by atoms with Crippen LogP contribution in [-0.2, 0) is 4.74 Å². The largest absolute Gasteiger partial charge is 0.461 e. The lowest BCUT2D eigenvalue weighted by molar-refractivity contribution is 0.0521. The van der Waals surface area contributed by atoms with E-state index in [4.69, 9.17) is 4.74 Å². The molecule has 0 fully saturated rings. The van der Waals surface area contributed by atoms with Crippen LogP contribution < -0.4 is 0 Å². The summed E-state index contributed by atoms with van der Waals surface area (Å²) in [5.74, 6) is -0.496. The number of ether oxygens (including phenoxy) is 1. The van der Waals surface area contributed by atoms with Crippen molar-refractivity contribution in [1.29, 1.82) is 0 Å². The number of hydrogen-bond acceptors (Lipinski definition) is 6. The average Bonchev–Trinajstić information content (AvgIpc) is 2.94. The lowest BCUT2D eigenvalue weighted by Gasteiger charge is -1.97. The number of carbonyl (C=O) groups excluding carboxylic acids is 1. The topological polar surface area (TPSA) is 69.4 Å². The van der Waals surface area contributed by atoms with Gasteiger partial charge in [0.15, 0.2) is 5.65 Å². The maximum atomic E-state index is 11.6. The van der Waals surface area contributed by atoms with Crippen molar-refractivity contribution in [3.8, 4) is 0 Å². The van der Waals surface area contributed by atoms with E-state index in [1.807, 2.05) is 11.4 Å². The van der Waals surface area contributed by atoms with Crippen LogP contribution in [0.15, 0.2) is 17.6 Å². The fourth-order valence-electron chi connectivity index (χ4n) is 1.59. The Hall–Kier alpha value is -2.02. The summed E-state index contributed by atoms with van der Waals surface area (Å²) in [6, 6.07) is 1.91. The van der Waals surface area contributed by atoms with Crippen LogP contribution in [0.25, 0.3) is 15.9 Å². The van der Waals surface area contributed by atoms with Gasteiger partial charge in [0.1, 0.15) is 0 Å². The van der Waals surface area contributed by atoms with Crippen LogP contribution in [-0.4, -0.2) is 32.4 Å². The lowest BCUT2D eigenvalue weighted by Crippen LogP contribution is -2.06. The highest BCUT2D eigenvalue weighted by Gasteiger charge is 2.18. The fraction of sp³-hybridized carbons (Fsp3) is 0.200. The Morgan fingerprint density at radius 2 is 2.47 bits per heavy atom. The quantitative estimate of drug-likeness (QED) is 0.643. The van der Waals surface area contributed by atoms with E-state index in [0.29, 0.717) is 12.3 Å². The van der Waals surface area contributed by atoms with Gasteiger partial charge in [0.05, 0.1) is 16.8 Å². The van der Waals surface area contributed by atoms with Gasteiger partial charge in [-0.1, -0.05) is 5.21 Å². The predicted octanol–water partition coefficient (Wildman–Crippen LogP) is 1.52. The van der Waals surface area contributed by atoms with Gasteiger partial charge in [0, 0.05) is 6.20 Å². The first kappa shape index (κ1) is 10.2. The molecule has 0 unspecified atom stereocenters. The minimum Gasteiger partial charge on any atom is -0.461 e. The maximum Gasteiger partial charge on any atom is 0.362 e. The number of aromatic nitrogens is 4. The minimum absolute atomic E-state index is 0.153. The second-order valence-electron chi connectivity index (χ2n) is 3.32. The third kappa shape index (κ3) is 1.47. The summed E-state index contributed by atoms with van der Waals surface area (Å²) >= 11 is 1.56. The molecule has 17 heavy (non-hydrogen) atoms. The number of nitrogens with zero attached hydrogens (tertiary/aromatic N) is 4. The van der Waals surface area contributed by atoms with Crippen molar-refractivity contribution in [3.05, 3.63) is 23.3 Å². The van der Waals surface area contributed by atoms with Crippen LogP contribution in [0.4, 0.5) is 0 Å². The highest BCUT2D eigenvalue weighted by molar-refractivity contribution is 7.17. The van der Waals surface area contributed by atoms with Gasteiger partial charge in [0.25, 0.3) is 0 Å². The van der Waals surface area contributed by atoms with Crippen molar-refractivity contribution < 1.29 is 9.53 Å². The molecule has 7 heteroatoms. The van der Waals surface area contributed by atoms with E-state index in [0.717, 1.165) is 10.2 Å². The second kappa shape index (κ2) is 3.77. The molecule has 0 bridgehead atoms. The Morgan fingerprint density at radius 3 is 3.29 bits per heavy atom. The van der Waals surface area contributed by atoms with E-state index in [9.17, 15) is 4.79 Å². The summed E-state index contributed by atoms with van der Waals surface area (Å²) in [5.41, 5.74) is 1.47. The van der Waals surface area contributed by atoms with E-state index in [-0.39, 0.29) is 5.69 Å². The molecule has 0 spiro atoms. The number of rotatable bonds is 2. The third-order valence-corrected chi connectivity index (χ3v) is 3.16. The van der Waals surface area contributed by atoms with Gasteiger partial charge in [-0.25, -0.2) is 9.78 Å². The van der Waals surface area contributed by atoms with Gasteiger partial charge < -0.3 is 4.74 Å². The number of carbonyl (C=O) groups is 1. The number of thiophene rings is 1. The van der Waals surface area contributed by atoms with E-state index >= 15 is 0 Å². The molecular formula is C10H8N4O2S. The molecule has 3 aromatic heterocycles. The molecular weight excluding hydrogens is 240 g/mol. The number of fused-ring (bicyclic) bond motifs is 3. The molecule has 0 aliphatic rings. The maximum absolute atomic E-state index is 11.6. The van der Waals surface area contributed by atoms with Crippen molar-refractivity contribution in [3.63, 3.8) is 0 Å². The standard InChI is InChI=1S/C10H8N4O2S/c1-2-16-10(15)8-9-11-5-7-6(3-4-17-7)14(9)13-12-8/h3-5H,2H2,1H3. The monoisotopic (exact) mass is 248 g/mol. The zero-order valence-electron chi connectivity index (χ0n) is 8.95. The van der Waals surface area contributed by atoms with Crippen LogP contribution in [0.2, 0.25) is 0 Å².